The van der Waals surface area contributed by atoms with Crippen molar-refractivity contribution in [1.82, 2.24) is 5.32 Å². The molecule has 1 atom stereocenters. The Morgan fingerprint density at radius 3 is 2.85 bits per heavy atom. The zero-order valence-corrected chi connectivity index (χ0v) is 12.2. The number of amides is 1. The zero-order valence-electron chi connectivity index (χ0n) is 12.2. The molecule has 0 heterocycles. The van der Waals surface area contributed by atoms with Crippen molar-refractivity contribution in [3.63, 3.8) is 0 Å². The zero-order chi connectivity index (χ0) is 14.6. The van der Waals surface area contributed by atoms with Crippen LogP contribution in [0, 0.1) is 11.2 Å². The number of halogens is 1. The van der Waals surface area contributed by atoms with E-state index >= 15 is 0 Å². The van der Waals surface area contributed by atoms with Crippen molar-refractivity contribution in [2.75, 3.05) is 11.9 Å². The number of anilines is 1. The molecule has 2 rings (SSSR count). The van der Waals surface area contributed by atoms with Crippen molar-refractivity contribution in [3.05, 3.63) is 30.1 Å². The number of carbonyl (C=O) groups excluding carboxylic acids is 1. The molecule has 4 heteroatoms. The standard InChI is InChI=1S/C16H23FN2O/c1-16(2)9-5-6-12(10-16)18-11-15(20)19-14-8-4-3-7-13(14)17/h3-4,7-8,12,18H,5-6,9-11H2,1-2H3,(H,19,20). The summed E-state index contributed by atoms with van der Waals surface area (Å²) in [6, 6.07) is 6.59. The monoisotopic (exact) mass is 278 g/mol. The van der Waals surface area contributed by atoms with Gasteiger partial charge in [0.05, 0.1) is 12.2 Å². The van der Waals surface area contributed by atoms with E-state index in [2.05, 4.69) is 24.5 Å². The number of hydrogen-bond acceptors (Lipinski definition) is 2. The molecule has 1 aromatic carbocycles. The summed E-state index contributed by atoms with van der Waals surface area (Å²) < 4.78 is 13.4. The minimum absolute atomic E-state index is 0.196. The number of nitrogens with one attached hydrogen (secondary N) is 2. The first-order chi connectivity index (χ1) is 9.46. The van der Waals surface area contributed by atoms with Crippen LogP contribution >= 0.6 is 0 Å². The second kappa shape index (κ2) is 6.35. The van der Waals surface area contributed by atoms with Gasteiger partial charge in [-0.15, -0.1) is 0 Å². The van der Waals surface area contributed by atoms with Crippen molar-refractivity contribution in [1.29, 1.82) is 0 Å². The first kappa shape index (κ1) is 15.0. The van der Waals surface area contributed by atoms with E-state index in [1.54, 1.807) is 18.2 Å². The molecule has 0 spiro atoms. The highest BCUT2D eigenvalue weighted by Gasteiger charge is 2.27. The smallest absolute Gasteiger partial charge is 0.238 e. The molecule has 1 aromatic rings. The van der Waals surface area contributed by atoms with Crippen LogP contribution in [-0.2, 0) is 4.79 Å². The molecule has 0 aromatic heterocycles. The topological polar surface area (TPSA) is 41.1 Å². The SMILES string of the molecule is CC1(C)CCCC(NCC(=O)Nc2ccccc2F)C1. The number of para-hydroxylation sites is 1. The van der Waals surface area contributed by atoms with Gasteiger partial charge in [0.1, 0.15) is 5.82 Å². The summed E-state index contributed by atoms with van der Waals surface area (Å²) >= 11 is 0. The van der Waals surface area contributed by atoms with E-state index in [-0.39, 0.29) is 18.1 Å². The van der Waals surface area contributed by atoms with Gasteiger partial charge in [-0.05, 0) is 36.8 Å². The maximum Gasteiger partial charge on any atom is 0.238 e. The Kier molecular flexibility index (Phi) is 4.76. The molecule has 1 unspecified atom stereocenters. The fourth-order valence-corrected chi connectivity index (χ4v) is 2.87. The Hall–Kier alpha value is -1.42. The van der Waals surface area contributed by atoms with Crippen LogP contribution in [0.2, 0.25) is 0 Å². The van der Waals surface area contributed by atoms with Gasteiger partial charge in [0, 0.05) is 6.04 Å². The summed E-state index contributed by atoms with van der Waals surface area (Å²) in [7, 11) is 0. The van der Waals surface area contributed by atoms with Gasteiger partial charge in [0.15, 0.2) is 0 Å². The van der Waals surface area contributed by atoms with Gasteiger partial charge in [-0.2, -0.15) is 0 Å². The van der Waals surface area contributed by atoms with E-state index in [9.17, 15) is 9.18 Å². The Bertz CT molecular complexity index is 473. The molecule has 1 fully saturated rings. The largest absolute Gasteiger partial charge is 0.322 e. The van der Waals surface area contributed by atoms with Crippen LogP contribution in [0.3, 0.4) is 0 Å². The number of hydrogen-bond donors (Lipinski definition) is 2. The van der Waals surface area contributed by atoms with Crippen molar-refractivity contribution in [2.45, 2.75) is 45.6 Å². The van der Waals surface area contributed by atoms with E-state index in [1.807, 2.05) is 0 Å². The number of rotatable bonds is 4. The predicted octanol–water partition coefficient (Wildman–Crippen LogP) is 3.32. The molecule has 0 bridgehead atoms. The molecule has 1 aliphatic carbocycles. The highest BCUT2D eigenvalue weighted by molar-refractivity contribution is 5.92. The normalized spacial score (nSPS) is 21.4. The first-order valence-electron chi connectivity index (χ1n) is 7.24. The van der Waals surface area contributed by atoms with Crippen LogP contribution in [0.1, 0.15) is 39.5 Å². The quantitative estimate of drug-likeness (QED) is 0.887. The lowest BCUT2D eigenvalue weighted by molar-refractivity contribution is -0.115. The Morgan fingerprint density at radius 1 is 1.40 bits per heavy atom. The average Bonchev–Trinajstić information content (AvgIpc) is 2.38. The third-order valence-corrected chi connectivity index (χ3v) is 3.90. The van der Waals surface area contributed by atoms with Crippen molar-refractivity contribution in [3.8, 4) is 0 Å². The average molecular weight is 278 g/mol. The highest BCUT2D eigenvalue weighted by Crippen LogP contribution is 2.34. The van der Waals surface area contributed by atoms with Crippen molar-refractivity contribution >= 4 is 11.6 Å². The summed E-state index contributed by atoms with van der Waals surface area (Å²) in [4.78, 5) is 11.8. The van der Waals surface area contributed by atoms with Gasteiger partial charge in [0.25, 0.3) is 0 Å². The maximum atomic E-state index is 13.4. The molecule has 20 heavy (non-hydrogen) atoms. The predicted molar refractivity (Wildman–Crippen MR) is 79.1 cm³/mol. The lowest BCUT2D eigenvalue weighted by Crippen LogP contribution is -2.41. The fraction of sp³-hybridized carbons (Fsp3) is 0.562. The van der Waals surface area contributed by atoms with Gasteiger partial charge in [-0.1, -0.05) is 32.4 Å². The molecule has 3 nitrogen and oxygen atoms in total. The van der Waals surface area contributed by atoms with Gasteiger partial charge < -0.3 is 10.6 Å². The molecular formula is C16H23FN2O. The first-order valence-corrected chi connectivity index (χ1v) is 7.24. The van der Waals surface area contributed by atoms with Crippen LogP contribution in [0.5, 0.6) is 0 Å². The van der Waals surface area contributed by atoms with E-state index in [1.165, 1.54) is 18.9 Å². The molecule has 0 aliphatic heterocycles. The molecule has 2 N–H and O–H groups in total. The minimum atomic E-state index is -0.403. The van der Waals surface area contributed by atoms with Crippen LogP contribution in [0.15, 0.2) is 24.3 Å². The van der Waals surface area contributed by atoms with Crippen LogP contribution in [0.25, 0.3) is 0 Å². The highest BCUT2D eigenvalue weighted by atomic mass is 19.1. The third-order valence-electron chi connectivity index (χ3n) is 3.90. The Labute approximate surface area is 120 Å². The summed E-state index contributed by atoms with van der Waals surface area (Å²) in [6.45, 7) is 4.76. The summed E-state index contributed by atoms with van der Waals surface area (Å²) in [5.74, 6) is -0.599. The van der Waals surface area contributed by atoms with E-state index in [0.29, 0.717) is 11.5 Å². The molecule has 1 amide bonds. The number of carbonyl (C=O) groups is 1. The van der Waals surface area contributed by atoms with Gasteiger partial charge >= 0.3 is 0 Å². The molecule has 110 valence electrons. The summed E-state index contributed by atoms with van der Waals surface area (Å²) in [5.41, 5.74) is 0.584. The molecule has 1 aliphatic rings. The fourth-order valence-electron chi connectivity index (χ4n) is 2.87. The van der Waals surface area contributed by atoms with Crippen LogP contribution in [-0.4, -0.2) is 18.5 Å². The third kappa shape index (κ3) is 4.30. The maximum absolute atomic E-state index is 13.4. The lowest BCUT2D eigenvalue weighted by Gasteiger charge is -2.35. The number of benzene rings is 1. The minimum Gasteiger partial charge on any atom is -0.322 e. The molecule has 1 saturated carbocycles. The Balaban J connectivity index is 1.79. The second-order valence-corrected chi connectivity index (χ2v) is 6.37. The van der Waals surface area contributed by atoms with Crippen molar-refractivity contribution in [2.24, 2.45) is 5.41 Å². The van der Waals surface area contributed by atoms with Crippen molar-refractivity contribution < 1.29 is 9.18 Å². The van der Waals surface area contributed by atoms with E-state index in [4.69, 9.17) is 0 Å². The van der Waals surface area contributed by atoms with Gasteiger partial charge in [0.2, 0.25) is 5.91 Å². The molecular weight excluding hydrogens is 255 g/mol. The Morgan fingerprint density at radius 2 is 2.15 bits per heavy atom. The van der Waals surface area contributed by atoms with Gasteiger partial charge in [-0.3, -0.25) is 4.79 Å². The summed E-state index contributed by atoms with van der Waals surface area (Å²) in [5, 5.41) is 5.88. The van der Waals surface area contributed by atoms with E-state index < -0.39 is 5.82 Å². The molecule has 0 saturated heterocycles. The summed E-state index contributed by atoms with van der Waals surface area (Å²) in [6.07, 6.45) is 4.63. The van der Waals surface area contributed by atoms with E-state index in [0.717, 1.165) is 12.8 Å². The lowest BCUT2D eigenvalue weighted by atomic mass is 9.75. The van der Waals surface area contributed by atoms with Crippen LogP contribution in [0.4, 0.5) is 10.1 Å². The van der Waals surface area contributed by atoms with Crippen LogP contribution < -0.4 is 10.6 Å². The molecule has 0 radical (unpaired) electrons. The second-order valence-electron chi connectivity index (χ2n) is 6.37. The van der Waals surface area contributed by atoms with Gasteiger partial charge in [-0.25, -0.2) is 4.39 Å².